The molecule has 0 atom stereocenters. The highest BCUT2D eigenvalue weighted by Crippen LogP contribution is 2.19. The van der Waals surface area contributed by atoms with Crippen molar-refractivity contribution in [1.29, 1.82) is 0 Å². The Morgan fingerprint density at radius 3 is 2.43 bits per heavy atom. The van der Waals surface area contributed by atoms with Crippen molar-refractivity contribution < 1.29 is 9.36 Å². The lowest BCUT2D eigenvalue weighted by Gasteiger charge is -2.00. The van der Waals surface area contributed by atoms with Crippen LogP contribution in [0, 0.1) is 13.8 Å². The molecular weight excluding hydrogens is 308 g/mol. The first kappa shape index (κ1) is 16.0. The standard InChI is InChI=1S/C12H19N6OS2/c1-8-9(2)17(4)12(16(8)3)21-7-10(19)6-20-11-13-14-15-18(11)5/h6-7H2,1-5H3/q+1. The molecule has 0 saturated heterocycles. The minimum atomic E-state index is 0.171. The number of thioether (sulfide) groups is 2. The number of aromatic nitrogens is 6. The maximum Gasteiger partial charge on any atom is 0.318 e. The summed E-state index contributed by atoms with van der Waals surface area (Å²) in [6, 6.07) is 0. The molecule has 0 aliphatic carbocycles. The van der Waals surface area contributed by atoms with E-state index in [1.165, 1.54) is 23.1 Å². The molecule has 0 amide bonds. The maximum atomic E-state index is 12.0. The van der Waals surface area contributed by atoms with Crippen molar-refractivity contribution in [3.63, 3.8) is 0 Å². The number of aryl methyl sites for hydroxylation is 1. The van der Waals surface area contributed by atoms with Crippen LogP contribution >= 0.6 is 23.5 Å². The molecule has 0 bridgehead atoms. The number of rotatable bonds is 6. The molecule has 0 aromatic carbocycles. The smallest absolute Gasteiger partial charge is 0.298 e. The van der Waals surface area contributed by atoms with Crippen molar-refractivity contribution >= 4 is 29.3 Å². The number of hydrogen-bond acceptors (Lipinski definition) is 6. The van der Waals surface area contributed by atoms with Crippen molar-refractivity contribution in [3.8, 4) is 0 Å². The molecular formula is C12H19N6OS2+. The molecule has 7 nitrogen and oxygen atoms in total. The van der Waals surface area contributed by atoms with Crippen LogP contribution in [0.15, 0.2) is 10.3 Å². The number of carbonyl (C=O) groups excluding carboxylic acids is 1. The van der Waals surface area contributed by atoms with E-state index in [2.05, 4.69) is 38.5 Å². The quantitative estimate of drug-likeness (QED) is 0.566. The number of imidazole rings is 1. The third-order valence-electron chi connectivity index (χ3n) is 3.41. The van der Waals surface area contributed by atoms with Gasteiger partial charge in [0.1, 0.15) is 11.4 Å². The van der Waals surface area contributed by atoms with Crippen molar-refractivity contribution in [2.75, 3.05) is 11.5 Å². The van der Waals surface area contributed by atoms with E-state index in [4.69, 9.17) is 0 Å². The Hall–Kier alpha value is -1.35. The predicted molar refractivity (Wildman–Crippen MR) is 81.3 cm³/mol. The summed E-state index contributed by atoms with van der Waals surface area (Å²) >= 11 is 2.93. The average Bonchev–Trinajstić information content (AvgIpc) is 2.94. The normalized spacial score (nSPS) is 11.1. The van der Waals surface area contributed by atoms with Gasteiger partial charge in [-0.1, -0.05) is 11.8 Å². The van der Waals surface area contributed by atoms with Gasteiger partial charge in [-0.2, -0.15) is 0 Å². The van der Waals surface area contributed by atoms with Crippen LogP contribution in [0.1, 0.15) is 11.4 Å². The number of tetrazole rings is 1. The van der Waals surface area contributed by atoms with Crippen LogP contribution in [0.2, 0.25) is 0 Å². The molecule has 0 saturated carbocycles. The van der Waals surface area contributed by atoms with Gasteiger partial charge < -0.3 is 0 Å². The van der Waals surface area contributed by atoms with Gasteiger partial charge in [0.15, 0.2) is 5.78 Å². The molecule has 2 aromatic heterocycles. The van der Waals surface area contributed by atoms with Crippen LogP contribution in [0.25, 0.3) is 0 Å². The summed E-state index contributed by atoms with van der Waals surface area (Å²) in [5.74, 6) is 1.00. The summed E-state index contributed by atoms with van der Waals surface area (Å²) in [4.78, 5) is 12.0. The highest BCUT2D eigenvalue weighted by molar-refractivity contribution is 8.01. The molecule has 2 heterocycles. The second-order valence-electron chi connectivity index (χ2n) is 4.77. The fraction of sp³-hybridized carbons (Fsp3) is 0.583. The van der Waals surface area contributed by atoms with Gasteiger partial charge >= 0.3 is 5.16 Å². The van der Waals surface area contributed by atoms with E-state index in [9.17, 15) is 4.79 Å². The largest absolute Gasteiger partial charge is 0.318 e. The van der Waals surface area contributed by atoms with Gasteiger partial charge in [-0.15, -0.1) is 5.10 Å². The Bertz CT molecular complexity index is 637. The first-order chi connectivity index (χ1) is 9.91. The summed E-state index contributed by atoms with van der Waals surface area (Å²) < 4.78 is 5.80. The highest BCUT2D eigenvalue weighted by atomic mass is 32.2. The molecule has 2 rings (SSSR count). The molecule has 2 aromatic rings. The first-order valence-corrected chi connectivity index (χ1v) is 8.40. The van der Waals surface area contributed by atoms with Crippen molar-refractivity contribution in [3.05, 3.63) is 11.4 Å². The van der Waals surface area contributed by atoms with E-state index < -0.39 is 0 Å². The fourth-order valence-corrected chi connectivity index (χ4v) is 3.76. The van der Waals surface area contributed by atoms with Crippen molar-refractivity contribution in [1.82, 2.24) is 24.8 Å². The van der Waals surface area contributed by atoms with E-state index in [1.807, 2.05) is 14.1 Å². The fourth-order valence-electron chi connectivity index (χ4n) is 1.87. The average molecular weight is 327 g/mol. The molecule has 0 aliphatic heterocycles. The molecule has 21 heavy (non-hydrogen) atoms. The molecule has 0 spiro atoms. The van der Waals surface area contributed by atoms with E-state index >= 15 is 0 Å². The molecule has 0 unspecified atom stereocenters. The van der Waals surface area contributed by atoms with Crippen LogP contribution in [0.3, 0.4) is 0 Å². The molecule has 0 N–H and O–H groups in total. The summed E-state index contributed by atoms with van der Waals surface area (Å²) in [5.41, 5.74) is 2.43. The van der Waals surface area contributed by atoms with E-state index in [-0.39, 0.29) is 5.78 Å². The predicted octanol–water partition coefficient (Wildman–Crippen LogP) is 0.443. The van der Waals surface area contributed by atoms with Crippen LogP contribution in [-0.2, 0) is 25.9 Å². The number of ketones is 1. The monoisotopic (exact) mass is 327 g/mol. The van der Waals surface area contributed by atoms with Gasteiger partial charge in [0, 0.05) is 20.9 Å². The van der Waals surface area contributed by atoms with Crippen LogP contribution in [0.5, 0.6) is 0 Å². The lowest BCUT2D eigenvalue weighted by Crippen LogP contribution is -2.32. The second-order valence-corrected chi connectivity index (χ2v) is 6.66. The Morgan fingerprint density at radius 1 is 1.24 bits per heavy atom. The van der Waals surface area contributed by atoms with Crippen LogP contribution in [0.4, 0.5) is 0 Å². The zero-order chi connectivity index (χ0) is 15.6. The number of nitrogens with zero attached hydrogens (tertiary/aromatic N) is 6. The van der Waals surface area contributed by atoms with Gasteiger partial charge in [0.25, 0.3) is 0 Å². The Morgan fingerprint density at radius 2 is 1.90 bits per heavy atom. The van der Waals surface area contributed by atoms with E-state index in [0.717, 1.165) is 5.16 Å². The number of Topliss-reactive ketones (excluding diaryl/α,β-unsaturated/α-hetero) is 1. The lowest BCUT2D eigenvalue weighted by atomic mass is 10.4. The minimum absolute atomic E-state index is 0.171. The van der Waals surface area contributed by atoms with Gasteiger partial charge in [-0.25, -0.2) is 13.8 Å². The van der Waals surface area contributed by atoms with Crippen molar-refractivity contribution in [2.24, 2.45) is 21.1 Å². The van der Waals surface area contributed by atoms with E-state index in [0.29, 0.717) is 16.7 Å². The van der Waals surface area contributed by atoms with Crippen LogP contribution < -0.4 is 4.57 Å². The zero-order valence-corrected chi connectivity index (χ0v) is 14.5. The van der Waals surface area contributed by atoms with E-state index in [1.54, 1.807) is 23.5 Å². The van der Waals surface area contributed by atoms with Gasteiger partial charge in [0.2, 0.25) is 5.16 Å². The third kappa shape index (κ3) is 3.46. The molecule has 114 valence electrons. The number of carbonyl (C=O) groups is 1. The third-order valence-corrected chi connectivity index (χ3v) is 5.75. The summed E-state index contributed by atoms with van der Waals surface area (Å²) in [5, 5.41) is 12.9. The summed E-state index contributed by atoms with van der Waals surface area (Å²) in [6.07, 6.45) is 0. The SMILES string of the molecule is Cc1c(C)[n+](C)c(SCC(=O)CSc2nnnn2C)n1C. The maximum absolute atomic E-state index is 12.0. The Kier molecular flexibility index (Phi) is 5.04. The zero-order valence-electron chi connectivity index (χ0n) is 12.8. The Balaban J connectivity index is 1.90. The van der Waals surface area contributed by atoms with Crippen molar-refractivity contribution in [2.45, 2.75) is 24.2 Å². The summed E-state index contributed by atoms with van der Waals surface area (Å²) in [6.45, 7) is 4.16. The number of hydrogen-bond donors (Lipinski definition) is 0. The molecule has 0 aliphatic rings. The van der Waals surface area contributed by atoms with Crippen LogP contribution in [-0.4, -0.2) is 42.1 Å². The summed E-state index contributed by atoms with van der Waals surface area (Å²) in [7, 11) is 5.81. The minimum Gasteiger partial charge on any atom is -0.298 e. The van der Waals surface area contributed by atoms with Gasteiger partial charge in [-0.05, 0) is 22.2 Å². The highest BCUT2D eigenvalue weighted by Gasteiger charge is 2.21. The molecule has 0 fully saturated rings. The Labute approximate surface area is 132 Å². The van der Waals surface area contributed by atoms with Gasteiger partial charge in [-0.3, -0.25) is 4.79 Å². The lowest BCUT2D eigenvalue weighted by molar-refractivity contribution is -0.715. The van der Waals surface area contributed by atoms with Gasteiger partial charge in [0.05, 0.1) is 25.6 Å². The molecule has 9 heteroatoms. The molecule has 0 radical (unpaired) electrons. The second kappa shape index (κ2) is 6.61. The topological polar surface area (TPSA) is 69.5 Å². The first-order valence-electron chi connectivity index (χ1n) is 6.43.